The molecule has 0 radical (unpaired) electrons. The van der Waals surface area contributed by atoms with Crippen molar-refractivity contribution < 1.29 is 14.6 Å². The summed E-state index contributed by atoms with van der Waals surface area (Å²) in [6.45, 7) is 0. The second-order valence-electron chi connectivity index (χ2n) is 4.20. The second kappa shape index (κ2) is 6.47. The Labute approximate surface area is 124 Å². The monoisotopic (exact) mass is 336 g/mol. The van der Waals surface area contributed by atoms with Gasteiger partial charge in [-0.05, 0) is 40.0 Å². The smallest absolute Gasteiger partial charge is 0.314 e. The highest BCUT2D eigenvalue weighted by Crippen LogP contribution is 2.21. The van der Waals surface area contributed by atoms with Gasteiger partial charge in [-0.3, -0.25) is 4.79 Å². The van der Waals surface area contributed by atoms with E-state index in [1.807, 2.05) is 12.1 Å². The molecule has 104 valence electrons. The zero-order valence-corrected chi connectivity index (χ0v) is 12.4. The molecule has 1 atom stereocenters. The van der Waals surface area contributed by atoms with E-state index in [0.29, 0.717) is 12.2 Å². The van der Waals surface area contributed by atoms with Gasteiger partial charge in [0.15, 0.2) is 0 Å². The summed E-state index contributed by atoms with van der Waals surface area (Å²) in [6.07, 6.45) is 3.43. The molecule has 0 saturated heterocycles. The summed E-state index contributed by atoms with van der Waals surface area (Å²) in [5.41, 5.74) is 0.893. The average molecular weight is 337 g/mol. The van der Waals surface area contributed by atoms with Gasteiger partial charge in [0.2, 0.25) is 0 Å². The quantitative estimate of drug-likeness (QED) is 0.908. The van der Waals surface area contributed by atoms with Crippen LogP contribution in [0.5, 0.6) is 5.75 Å². The third-order valence-corrected chi connectivity index (χ3v) is 3.26. The molecule has 2 aromatic rings. The largest absolute Gasteiger partial charge is 0.497 e. The van der Waals surface area contributed by atoms with Crippen molar-refractivity contribution in [3.05, 3.63) is 52.5 Å². The van der Waals surface area contributed by atoms with Crippen molar-refractivity contribution in [3.8, 4) is 5.75 Å². The second-order valence-corrected chi connectivity index (χ2v) is 5.12. The number of rotatable bonds is 5. The predicted octanol–water partition coefficient (Wildman–Crippen LogP) is 2.66. The van der Waals surface area contributed by atoms with E-state index in [0.717, 1.165) is 15.8 Å². The number of methoxy groups -OCH3 is 1. The van der Waals surface area contributed by atoms with Crippen LogP contribution in [-0.2, 0) is 11.2 Å². The molecule has 0 bridgehead atoms. The summed E-state index contributed by atoms with van der Waals surface area (Å²) in [7, 11) is 1.59. The number of carboxylic acid groups (broad SMARTS) is 1. The van der Waals surface area contributed by atoms with E-state index in [9.17, 15) is 9.90 Å². The number of aliphatic carboxylic acids is 1. The molecule has 2 rings (SSSR count). The number of aromatic nitrogens is 2. The van der Waals surface area contributed by atoms with Crippen molar-refractivity contribution in [1.82, 2.24) is 9.97 Å². The number of halogens is 1. The number of carbonyl (C=O) groups is 1. The molecule has 1 heterocycles. The first kappa shape index (κ1) is 14.5. The van der Waals surface area contributed by atoms with Crippen LogP contribution in [-0.4, -0.2) is 28.2 Å². The first-order valence-electron chi connectivity index (χ1n) is 5.93. The Kier molecular flexibility index (Phi) is 4.68. The fraction of sp³-hybridized carbons (Fsp3) is 0.214. The zero-order chi connectivity index (χ0) is 14.5. The van der Waals surface area contributed by atoms with Crippen molar-refractivity contribution in [3.63, 3.8) is 0 Å². The Balaban J connectivity index is 2.20. The van der Waals surface area contributed by atoms with Gasteiger partial charge in [-0.15, -0.1) is 0 Å². The maximum Gasteiger partial charge on any atom is 0.314 e. The topological polar surface area (TPSA) is 72.3 Å². The van der Waals surface area contributed by atoms with Gasteiger partial charge >= 0.3 is 5.97 Å². The molecule has 1 aromatic heterocycles. The van der Waals surface area contributed by atoms with Gasteiger partial charge in [-0.25, -0.2) is 9.97 Å². The number of hydrogen-bond donors (Lipinski definition) is 1. The fourth-order valence-corrected chi connectivity index (χ4v) is 1.99. The van der Waals surface area contributed by atoms with Crippen LogP contribution in [0.1, 0.15) is 17.3 Å². The van der Waals surface area contributed by atoms with Crippen molar-refractivity contribution in [1.29, 1.82) is 0 Å². The van der Waals surface area contributed by atoms with E-state index in [2.05, 4.69) is 25.9 Å². The van der Waals surface area contributed by atoms with Crippen molar-refractivity contribution in [2.24, 2.45) is 0 Å². The van der Waals surface area contributed by atoms with Gasteiger partial charge in [-0.2, -0.15) is 0 Å². The lowest BCUT2D eigenvalue weighted by molar-refractivity contribution is -0.139. The molecule has 0 amide bonds. The van der Waals surface area contributed by atoms with Crippen LogP contribution in [0.15, 0.2) is 41.1 Å². The molecule has 0 aliphatic carbocycles. The minimum absolute atomic E-state index is 0.302. The number of ether oxygens (including phenoxy) is 1. The number of benzene rings is 1. The van der Waals surface area contributed by atoms with Gasteiger partial charge in [0.1, 0.15) is 17.5 Å². The Morgan fingerprint density at radius 1 is 1.30 bits per heavy atom. The molecular formula is C14H13BrN2O3. The summed E-state index contributed by atoms with van der Waals surface area (Å²) in [5.74, 6) is -0.670. The lowest BCUT2D eigenvalue weighted by atomic mass is 9.98. The number of nitrogens with zero attached hydrogens (tertiary/aromatic N) is 2. The van der Waals surface area contributed by atoms with Gasteiger partial charge < -0.3 is 9.84 Å². The maximum atomic E-state index is 11.4. The van der Waals surface area contributed by atoms with E-state index in [1.54, 1.807) is 31.6 Å². The first-order valence-corrected chi connectivity index (χ1v) is 6.72. The lowest BCUT2D eigenvalue weighted by Crippen LogP contribution is -2.17. The fourth-order valence-electron chi connectivity index (χ4n) is 1.79. The molecule has 1 aromatic carbocycles. The van der Waals surface area contributed by atoms with E-state index < -0.39 is 11.9 Å². The Morgan fingerprint density at radius 2 is 1.90 bits per heavy atom. The van der Waals surface area contributed by atoms with Crippen LogP contribution < -0.4 is 4.74 Å². The van der Waals surface area contributed by atoms with Crippen LogP contribution in [0.25, 0.3) is 0 Å². The molecular weight excluding hydrogens is 324 g/mol. The van der Waals surface area contributed by atoms with Gasteiger partial charge in [0, 0.05) is 12.4 Å². The van der Waals surface area contributed by atoms with Gasteiger partial charge in [0.25, 0.3) is 0 Å². The summed E-state index contributed by atoms with van der Waals surface area (Å²) in [4.78, 5) is 19.5. The Bertz CT molecular complexity index is 584. The third kappa shape index (κ3) is 3.54. The Hall–Kier alpha value is -1.95. The summed E-state index contributed by atoms with van der Waals surface area (Å²) < 4.78 is 5.79. The van der Waals surface area contributed by atoms with Crippen molar-refractivity contribution >= 4 is 21.9 Å². The van der Waals surface area contributed by atoms with E-state index in [4.69, 9.17) is 4.74 Å². The molecule has 1 N–H and O–H groups in total. The van der Waals surface area contributed by atoms with E-state index >= 15 is 0 Å². The van der Waals surface area contributed by atoms with Crippen LogP contribution >= 0.6 is 15.9 Å². The minimum atomic E-state index is -0.942. The molecule has 6 heteroatoms. The molecule has 0 spiro atoms. The lowest BCUT2D eigenvalue weighted by Gasteiger charge is -2.11. The average Bonchev–Trinajstić information content (AvgIpc) is 2.46. The highest BCUT2D eigenvalue weighted by Gasteiger charge is 2.23. The van der Waals surface area contributed by atoms with Crippen LogP contribution in [0.2, 0.25) is 0 Å². The minimum Gasteiger partial charge on any atom is -0.497 e. The van der Waals surface area contributed by atoms with Crippen molar-refractivity contribution in [2.45, 2.75) is 12.3 Å². The molecule has 0 aliphatic heterocycles. The van der Waals surface area contributed by atoms with Crippen molar-refractivity contribution in [2.75, 3.05) is 7.11 Å². The summed E-state index contributed by atoms with van der Waals surface area (Å²) in [5, 5.41) is 9.34. The standard InChI is InChI=1S/C14H13BrN2O3/c1-20-11-4-2-9(3-5-11)6-12(14(18)19)13-16-7-10(15)8-17-13/h2-5,7-8,12H,6H2,1H3,(H,18,19). The molecule has 1 unspecified atom stereocenters. The Morgan fingerprint density at radius 3 is 2.40 bits per heavy atom. The molecule has 20 heavy (non-hydrogen) atoms. The summed E-state index contributed by atoms with van der Waals surface area (Å²) >= 11 is 3.23. The molecule has 0 fully saturated rings. The van der Waals surface area contributed by atoms with E-state index in [-0.39, 0.29) is 0 Å². The van der Waals surface area contributed by atoms with Crippen LogP contribution in [0, 0.1) is 0 Å². The predicted molar refractivity (Wildman–Crippen MR) is 76.8 cm³/mol. The van der Waals surface area contributed by atoms with Crippen LogP contribution in [0.4, 0.5) is 0 Å². The number of carboxylic acids is 1. The van der Waals surface area contributed by atoms with Gasteiger partial charge in [0.05, 0.1) is 11.6 Å². The molecule has 5 nitrogen and oxygen atoms in total. The number of hydrogen-bond acceptors (Lipinski definition) is 4. The zero-order valence-electron chi connectivity index (χ0n) is 10.8. The highest BCUT2D eigenvalue weighted by molar-refractivity contribution is 9.10. The van der Waals surface area contributed by atoms with E-state index in [1.165, 1.54) is 0 Å². The van der Waals surface area contributed by atoms with Gasteiger partial charge in [-0.1, -0.05) is 12.1 Å². The highest BCUT2D eigenvalue weighted by atomic mass is 79.9. The molecule has 0 aliphatic rings. The normalized spacial score (nSPS) is 11.9. The first-order chi connectivity index (χ1) is 9.60. The SMILES string of the molecule is COc1ccc(CC(C(=O)O)c2ncc(Br)cn2)cc1. The summed E-state index contributed by atoms with van der Waals surface area (Å²) in [6, 6.07) is 7.29. The van der Waals surface area contributed by atoms with Crippen LogP contribution in [0.3, 0.4) is 0 Å². The maximum absolute atomic E-state index is 11.4. The third-order valence-electron chi connectivity index (χ3n) is 2.85. The molecule has 0 saturated carbocycles.